The largest absolute Gasteiger partial charge is 0.504 e. The van der Waals surface area contributed by atoms with E-state index in [1.54, 1.807) is 0 Å². The zero-order valence-electron chi connectivity index (χ0n) is 11.7. The maximum atomic E-state index is 10.8. The van der Waals surface area contributed by atoms with Crippen molar-refractivity contribution >= 4 is 16.7 Å². The summed E-state index contributed by atoms with van der Waals surface area (Å²) >= 11 is 0. The quantitative estimate of drug-likeness (QED) is 0.767. The number of hydrogen-bond acceptors (Lipinski definition) is 3. The van der Waals surface area contributed by atoms with E-state index in [9.17, 15) is 9.90 Å². The Morgan fingerprint density at radius 3 is 2.45 bits per heavy atom. The fraction of sp³-hybridized carbons (Fsp3) is 0.0556. The molecule has 0 fully saturated rings. The molecule has 22 heavy (non-hydrogen) atoms. The third-order valence-electron chi connectivity index (χ3n) is 3.41. The van der Waals surface area contributed by atoms with Gasteiger partial charge in [-0.15, -0.1) is 0 Å². The number of rotatable bonds is 4. The normalized spacial score (nSPS) is 10.5. The monoisotopic (exact) mass is 294 g/mol. The van der Waals surface area contributed by atoms with Crippen molar-refractivity contribution in [2.24, 2.45) is 0 Å². The predicted octanol–water partition coefficient (Wildman–Crippen LogP) is 3.82. The van der Waals surface area contributed by atoms with Gasteiger partial charge >= 0.3 is 5.97 Å². The van der Waals surface area contributed by atoms with E-state index in [0.29, 0.717) is 6.61 Å². The summed E-state index contributed by atoms with van der Waals surface area (Å²) in [6, 6.07) is 18.1. The molecule has 4 heteroatoms. The van der Waals surface area contributed by atoms with Gasteiger partial charge in [-0.05, 0) is 40.6 Å². The topological polar surface area (TPSA) is 66.8 Å². The first-order chi connectivity index (χ1) is 10.6. The van der Waals surface area contributed by atoms with Crippen molar-refractivity contribution in [3.63, 3.8) is 0 Å². The van der Waals surface area contributed by atoms with E-state index < -0.39 is 5.97 Å². The first kappa shape index (κ1) is 13.9. The summed E-state index contributed by atoms with van der Waals surface area (Å²) in [5, 5.41) is 20.9. The molecule has 4 nitrogen and oxygen atoms in total. The molecule has 0 aliphatic rings. The maximum absolute atomic E-state index is 10.8. The number of carboxylic acids is 1. The molecule has 0 atom stereocenters. The van der Waals surface area contributed by atoms with Crippen LogP contribution in [0.5, 0.6) is 11.5 Å². The Morgan fingerprint density at radius 1 is 0.955 bits per heavy atom. The van der Waals surface area contributed by atoms with Gasteiger partial charge in [-0.1, -0.05) is 36.4 Å². The molecule has 0 bridgehead atoms. The van der Waals surface area contributed by atoms with E-state index in [-0.39, 0.29) is 17.1 Å². The lowest BCUT2D eigenvalue weighted by atomic mass is 10.1. The maximum Gasteiger partial charge on any atom is 0.335 e. The minimum absolute atomic E-state index is 0.0237. The number of benzene rings is 3. The van der Waals surface area contributed by atoms with Gasteiger partial charge in [0.15, 0.2) is 11.5 Å². The minimum Gasteiger partial charge on any atom is -0.504 e. The van der Waals surface area contributed by atoms with E-state index in [1.165, 1.54) is 18.2 Å². The number of fused-ring (bicyclic) bond motifs is 1. The van der Waals surface area contributed by atoms with E-state index >= 15 is 0 Å². The van der Waals surface area contributed by atoms with Gasteiger partial charge in [0.25, 0.3) is 0 Å². The Hall–Kier alpha value is -3.01. The van der Waals surface area contributed by atoms with Gasteiger partial charge in [-0.3, -0.25) is 0 Å². The second-order valence-corrected chi connectivity index (χ2v) is 4.96. The molecule has 0 aromatic heterocycles. The van der Waals surface area contributed by atoms with E-state index in [0.717, 1.165) is 16.3 Å². The molecule has 0 amide bonds. The lowest BCUT2D eigenvalue weighted by molar-refractivity contribution is 0.0696. The molecule has 3 rings (SSSR count). The van der Waals surface area contributed by atoms with Crippen molar-refractivity contribution in [2.45, 2.75) is 6.61 Å². The predicted molar refractivity (Wildman–Crippen MR) is 83.3 cm³/mol. The summed E-state index contributed by atoms with van der Waals surface area (Å²) in [4.78, 5) is 10.8. The molecule has 0 unspecified atom stereocenters. The molecule has 0 saturated carbocycles. The van der Waals surface area contributed by atoms with Gasteiger partial charge in [0.1, 0.15) is 6.61 Å². The molecule has 0 heterocycles. The van der Waals surface area contributed by atoms with Crippen LogP contribution in [0.4, 0.5) is 0 Å². The van der Waals surface area contributed by atoms with Gasteiger partial charge in [0, 0.05) is 0 Å². The van der Waals surface area contributed by atoms with Crippen LogP contribution in [-0.2, 0) is 6.61 Å². The SMILES string of the molecule is O=C(O)c1ccc(OCc2ccc3ccccc3c2)c(O)c1. The van der Waals surface area contributed by atoms with Crippen LogP contribution in [0.3, 0.4) is 0 Å². The minimum atomic E-state index is -1.09. The molecule has 0 aliphatic carbocycles. The molecule has 0 aliphatic heterocycles. The third-order valence-corrected chi connectivity index (χ3v) is 3.41. The smallest absolute Gasteiger partial charge is 0.335 e. The number of aromatic hydroxyl groups is 1. The Balaban J connectivity index is 1.77. The van der Waals surface area contributed by atoms with Crippen LogP contribution in [0, 0.1) is 0 Å². The number of aromatic carboxylic acids is 1. The number of hydrogen-bond donors (Lipinski definition) is 2. The summed E-state index contributed by atoms with van der Waals surface area (Å²) in [6.07, 6.45) is 0. The first-order valence-electron chi connectivity index (χ1n) is 6.80. The van der Waals surface area contributed by atoms with E-state index in [2.05, 4.69) is 0 Å². The highest BCUT2D eigenvalue weighted by Gasteiger charge is 2.08. The fourth-order valence-electron chi connectivity index (χ4n) is 2.26. The summed E-state index contributed by atoms with van der Waals surface area (Å²) in [5.41, 5.74) is 0.996. The number of carbonyl (C=O) groups is 1. The van der Waals surface area contributed by atoms with Gasteiger partial charge < -0.3 is 14.9 Å². The average Bonchev–Trinajstić information content (AvgIpc) is 2.53. The van der Waals surface area contributed by atoms with Crippen molar-refractivity contribution in [3.8, 4) is 11.5 Å². The fourth-order valence-corrected chi connectivity index (χ4v) is 2.26. The zero-order chi connectivity index (χ0) is 15.5. The molecule has 3 aromatic carbocycles. The average molecular weight is 294 g/mol. The van der Waals surface area contributed by atoms with Crippen LogP contribution in [-0.4, -0.2) is 16.2 Å². The number of carboxylic acid groups (broad SMARTS) is 1. The molecule has 2 N–H and O–H groups in total. The Bertz CT molecular complexity index is 839. The second kappa shape index (κ2) is 5.77. The highest BCUT2D eigenvalue weighted by Crippen LogP contribution is 2.28. The standard InChI is InChI=1S/C18H14O4/c19-16-10-15(18(20)21)7-8-17(16)22-11-12-5-6-13-3-1-2-4-14(13)9-12/h1-10,19H,11H2,(H,20,21). The van der Waals surface area contributed by atoms with Crippen LogP contribution in [0.15, 0.2) is 60.7 Å². The highest BCUT2D eigenvalue weighted by atomic mass is 16.5. The first-order valence-corrected chi connectivity index (χ1v) is 6.80. The number of ether oxygens (including phenoxy) is 1. The Morgan fingerprint density at radius 2 is 1.73 bits per heavy atom. The van der Waals surface area contributed by atoms with Crippen LogP contribution in [0.2, 0.25) is 0 Å². The van der Waals surface area contributed by atoms with Crippen molar-refractivity contribution in [3.05, 3.63) is 71.8 Å². The van der Waals surface area contributed by atoms with Gasteiger partial charge in [-0.25, -0.2) is 4.79 Å². The summed E-state index contributed by atoms with van der Waals surface area (Å²) < 4.78 is 5.56. The zero-order valence-corrected chi connectivity index (χ0v) is 11.7. The molecule has 0 spiro atoms. The Kier molecular flexibility index (Phi) is 3.66. The van der Waals surface area contributed by atoms with Gasteiger partial charge in [-0.2, -0.15) is 0 Å². The number of phenolic OH excluding ortho intramolecular Hbond substituents is 1. The van der Waals surface area contributed by atoms with E-state index in [4.69, 9.17) is 9.84 Å². The molecular formula is C18H14O4. The number of phenols is 1. The summed E-state index contributed by atoms with van der Waals surface area (Å²) in [5.74, 6) is -1.00. The van der Waals surface area contributed by atoms with Crippen molar-refractivity contribution in [2.75, 3.05) is 0 Å². The summed E-state index contributed by atoms with van der Waals surface area (Å²) in [7, 11) is 0. The van der Waals surface area contributed by atoms with Crippen LogP contribution >= 0.6 is 0 Å². The Labute approximate surface area is 127 Å². The second-order valence-electron chi connectivity index (χ2n) is 4.96. The summed E-state index contributed by atoms with van der Waals surface area (Å²) in [6.45, 7) is 0.296. The third kappa shape index (κ3) is 2.86. The lowest BCUT2D eigenvalue weighted by Crippen LogP contribution is -1.98. The van der Waals surface area contributed by atoms with Crippen LogP contribution in [0.25, 0.3) is 10.8 Å². The van der Waals surface area contributed by atoms with Crippen molar-refractivity contribution in [1.82, 2.24) is 0 Å². The van der Waals surface area contributed by atoms with Gasteiger partial charge in [0.05, 0.1) is 5.56 Å². The van der Waals surface area contributed by atoms with Crippen molar-refractivity contribution in [1.29, 1.82) is 0 Å². The van der Waals surface area contributed by atoms with Crippen molar-refractivity contribution < 1.29 is 19.7 Å². The molecule has 0 saturated heterocycles. The molecule has 3 aromatic rings. The highest BCUT2D eigenvalue weighted by molar-refractivity contribution is 5.88. The molecule has 110 valence electrons. The van der Waals surface area contributed by atoms with E-state index in [1.807, 2.05) is 42.5 Å². The van der Waals surface area contributed by atoms with Crippen LogP contribution in [0.1, 0.15) is 15.9 Å². The molecular weight excluding hydrogens is 280 g/mol. The lowest BCUT2D eigenvalue weighted by Gasteiger charge is -2.09. The van der Waals surface area contributed by atoms with Crippen LogP contribution < -0.4 is 4.74 Å². The molecule has 0 radical (unpaired) electrons. The van der Waals surface area contributed by atoms with Gasteiger partial charge in [0.2, 0.25) is 0 Å².